The van der Waals surface area contributed by atoms with E-state index in [4.69, 9.17) is 19.5 Å². The average molecular weight is 696 g/mol. The van der Waals surface area contributed by atoms with Crippen molar-refractivity contribution in [3.63, 3.8) is 0 Å². The summed E-state index contributed by atoms with van der Waals surface area (Å²) in [5.41, 5.74) is -1.50. The number of unbranched alkanes of at least 4 members (excludes halogenated alkanes) is 11. The monoisotopic (exact) mass is 696 g/mol. The van der Waals surface area contributed by atoms with Gasteiger partial charge >= 0.3 is 18.3 Å². The van der Waals surface area contributed by atoms with Crippen LogP contribution in [0.5, 0.6) is 0 Å². The van der Waals surface area contributed by atoms with Crippen molar-refractivity contribution in [1.29, 1.82) is 5.26 Å². The predicted molar refractivity (Wildman–Crippen MR) is 198 cm³/mol. The third-order valence-electron chi connectivity index (χ3n) is 7.44. The number of carbonyl (C=O) groups excluding carboxylic acids is 3. The third-order valence-corrected chi connectivity index (χ3v) is 7.44. The molecule has 0 aliphatic heterocycles. The number of rotatable bonds is 25. The Morgan fingerprint density at radius 3 is 1.22 bits per heavy atom. The maximum absolute atomic E-state index is 12.9. The topological polar surface area (TPSA) is 133 Å². The van der Waals surface area contributed by atoms with Crippen LogP contribution in [0.2, 0.25) is 0 Å². The van der Waals surface area contributed by atoms with E-state index in [1.165, 1.54) is 6.42 Å². The summed E-state index contributed by atoms with van der Waals surface area (Å²) in [6.07, 6.45) is 14.1. The Kier molecular flexibility index (Phi) is 24.7. The molecule has 3 amide bonds. The van der Waals surface area contributed by atoms with Crippen molar-refractivity contribution in [3.8, 4) is 6.07 Å². The molecule has 11 heteroatoms. The molecule has 0 fully saturated rings. The second kappa shape index (κ2) is 26.1. The third kappa shape index (κ3) is 32.2. The molecule has 0 heterocycles. The highest BCUT2D eigenvalue weighted by Crippen LogP contribution is 2.14. The SMILES string of the molecule is CC(C)(C)OC(=O)NCCCCCCN(CCC#N)CCCCCCCCN(CCCCCCNC(=O)OC(C)(C)C)C(=O)OC(C)(C)C. The molecule has 286 valence electrons. The Morgan fingerprint density at radius 1 is 0.510 bits per heavy atom. The number of carbonyl (C=O) groups is 3. The van der Waals surface area contributed by atoms with Gasteiger partial charge in [0, 0.05) is 39.1 Å². The first-order chi connectivity index (χ1) is 22.9. The molecule has 11 nitrogen and oxygen atoms in total. The summed E-state index contributed by atoms with van der Waals surface area (Å²) in [6.45, 7) is 22.3. The fourth-order valence-electron chi connectivity index (χ4n) is 5.11. The number of nitrogens with one attached hydrogen (secondary N) is 2. The van der Waals surface area contributed by atoms with E-state index in [1.54, 1.807) is 0 Å². The fourth-order valence-corrected chi connectivity index (χ4v) is 5.11. The standard InChI is InChI=1S/C38H73N5O6/c1-36(2,3)47-33(44)40-26-18-12-16-21-29-42(30-24-25-39)28-20-14-10-11-15-22-31-43(35(46)49-38(7,8)9)32-23-17-13-19-27-41-34(45)48-37(4,5)6/h10-24,26-32H2,1-9H3,(H,40,44)(H,41,45). The highest BCUT2D eigenvalue weighted by Gasteiger charge is 2.22. The molecule has 0 aliphatic rings. The van der Waals surface area contributed by atoms with E-state index in [0.717, 1.165) is 103 Å². The molecule has 0 aromatic carbocycles. The van der Waals surface area contributed by atoms with Gasteiger partial charge in [0.1, 0.15) is 16.8 Å². The molecule has 0 unspecified atom stereocenters. The van der Waals surface area contributed by atoms with Gasteiger partial charge in [-0.1, -0.05) is 51.4 Å². The summed E-state index contributed by atoms with van der Waals surface area (Å²) in [6, 6.07) is 2.28. The number of alkyl carbamates (subject to hydrolysis) is 2. The van der Waals surface area contributed by atoms with Gasteiger partial charge in [-0.3, -0.25) is 0 Å². The van der Waals surface area contributed by atoms with Gasteiger partial charge in [0.25, 0.3) is 0 Å². The van der Waals surface area contributed by atoms with E-state index in [2.05, 4.69) is 21.6 Å². The summed E-state index contributed by atoms with van der Waals surface area (Å²) in [5, 5.41) is 14.7. The average Bonchev–Trinajstić information content (AvgIpc) is 2.95. The van der Waals surface area contributed by atoms with Crippen molar-refractivity contribution >= 4 is 18.3 Å². The minimum atomic E-state index is -0.523. The quantitative estimate of drug-likeness (QED) is 0.0714. The minimum Gasteiger partial charge on any atom is -0.444 e. The van der Waals surface area contributed by atoms with Gasteiger partial charge in [-0.15, -0.1) is 0 Å². The Bertz CT molecular complexity index is 933. The van der Waals surface area contributed by atoms with Gasteiger partial charge < -0.3 is 34.6 Å². The van der Waals surface area contributed by atoms with Gasteiger partial charge in [-0.05, 0) is 114 Å². The van der Waals surface area contributed by atoms with Crippen molar-refractivity contribution in [2.45, 2.75) is 175 Å². The number of amides is 3. The van der Waals surface area contributed by atoms with E-state index in [9.17, 15) is 14.4 Å². The van der Waals surface area contributed by atoms with Gasteiger partial charge in [0.15, 0.2) is 0 Å². The van der Waals surface area contributed by atoms with Gasteiger partial charge in [0.05, 0.1) is 6.07 Å². The second-order valence-electron chi connectivity index (χ2n) is 16.0. The predicted octanol–water partition coefficient (Wildman–Crippen LogP) is 8.95. The largest absolute Gasteiger partial charge is 0.444 e. The van der Waals surface area contributed by atoms with Crippen LogP contribution in [0.15, 0.2) is 0 Å². The van der Waals surface area contributed by atoms with E-state index in [0.29, 0.717) is 32.6 Å². The van der Waals surface area contributed by atoms with Crippen LogP contribution in [0, 0.1) is 11.3 Å². The summed E-state index contributed by atoms with van der Waals surface area (Å²) in [5.74, 6) is 0. The summed E-state index contributed by atoms with van der Waals surface area (Å²) < 4.78 is 16.2. The number of hydrogen-bond acceptors (Lipinski definition) is 8. The first-order valence-electron chi connectivity index (χ1n) is 18.9. The number of hydrogen-bond donors (Lipinski definition) is 2. The van der Waals surface area contributed by atoms with Crippen LogP contribution in [-0.4, -0.2) is 90.7 Å². The molecule has 0 saturated heterocycles. The normalized spacial score (nSPS) is 11.9. The second-order valence-corrected chi connectivity index (χ2v) is 16.0. The van der Waals surface area contributed by atoms with Crippen molar-refractivity contribution in [2.24, 2.45) is 0 Å². The summed E-state index contributed by atoms with van der Waals surface area (Å²) in [7, 11) is 0. The van der Waals surface area contributed by atoms with E-state index < -0.39 is 16.8 Å². The molecule has 0 spiro atoms. The molecule has 0 atom stereocenters. The lowest BCUT2D eigenvalue weighted by Gasteiger charge is -2.27. The van der Waals surface area contributed by atoms with Crippen molar-refractivity contribution in [1.82, 2.24) is 20.4 Å². The molecule has 0 saturated carbocycles. The lowest BCUT2D eigenvalue weighted by molar-refractivity contribution is 0.0242. The Morgan fingerprint density at radius 2 is 0.857 bits per heavy atom. The van der Waals surface area contributed by atoms with E-state index in [-0.39, 0.29) is 18.3 Å². The first kappa shape index (κ1) is 46.3. The molecule has 0 bridgehead atoms. The molecule has 49 heavy (non-hydrogen) atoms. The molecule has 0 aliphatic carbocycles. The fraction of sp³-hybridized carbons (Fsp3) is 0.895. The zero-order valence-electron chi connectivity index (χ0n) is 32.8. The molecule has 0 rings (SSSR count). The van der Waals surface area contributed by atoms with Crippen LogP contribution in [0.3, 0.4) is 0 Å². The van der Waals surface area contributed by atoms with E-state index in [1.807, 2.05) is 67.2 Å². The lowest BCUT2D eigenvalue weighted by Crippen LogP contribution is -2.38. The molecule has 0 radical (unpaired) electrons. The van der Waals surface area contributed by atoms with Crippen molar-refractivity contribution in [3.05, 3.63) is 0 Å². The maximum atomic E-state index is 12.9. The van der Waals surface area contributed by atoms with Crippen LogP contribution in [0.1, 0.15) is 159 Å². The van der Waals surface area contributed by atoms with Gasteiger partial charge in [-0.25, -0.2) is 14.4 Å². The first-order valence-corrected chi connectivity index (χ1v) is 18.9. The lowest BCUT2D eigenvalue weighted by atomic mass is 10.1. The molecule has 0 aromatic rings. The van der Waals surface area contributed by atoms with Crippen LogP contribution in [0.4, 0.5) is 14.4 Å². The Balaban J connectivity index is 4.24. The zero-order valence-corrected chi connectivity index (χ0v) is 32.8. The number of nitriles is 1. The van der Waals surface area contributed by atoms with Gasteiger partial charge in [0.2, 0.25) is 0 Å². The molecular formula is C38H73N5O6. The summed E-state index contributed by atoms with van der Waals surface area (Å²) in [4.78, 5) is 40.7. The van der Waals surface area contributed by atoms with Crippen molar-refractivity contribution < 1.29 is 28.6 Å². The summed E-state index contributed by atoms with van der Waals surface area (Å²) >= 11 is 0. The van der Waals surface area contributed by atoms with Crippen molar-refractivity contribution in [2.75, 3.05) is 45.8 Å². The molecule has 2 N–H and O–H groups in total. The van der Waals surface area contributed by atoms with Crippen LogP contribution in [-0.2, 0) is 14.2 Å². The molecule has 0 aromatic heterocycles. The maximum Gasteiger partial charge on any atom is 0.410 e. The van der Waals surface area contributed by atoms with Crippen LogP contribution >= 0.6 is 0 Å². The Hall–Kier alpha value is -2.74. The zero-order chi connectivity index (χ0) is 37.2. The van der Waals surface area contributed by atoms with Crippen LogP contribution < -0.4 is 10.6 Å². The number of nitrogens with zero attached hydrogens (tertiary/aromatic N) is 3. The highest BCUT2D eigenvalue weighted by molar-refractivity contribution is 5.68. The number of ether oxygens (including phenoxy) is 3. The van der Waals surface area contributed by atoms with E-state index >= 15 is 0 Å². The highest BCUT2D eigenvalue weighted by atomic mass is 16.6. The minimum absolute atomic E-state index is 0.242. The molecular weight excluding hydrogens is 622 g/mol. The van der Waals surface area contributed by atoms with Crippen LogP contribution in [0.25, 0.3) is 0 Å². The Labute approximate surface area is 299 Å². The smallest absolute Gasteiger partial charge is 0.410 e. The van der Waals surface area contributed by atoms with Gasteiger partial charge in [-0.2, -0.15) is 5.26 Å².